The Morgan fingerprint density at radius 2 is 2.05 bits per heavy atom. The highest BCUT2D eigenvalue weighted by Crippen LogP contribution is 2.36. The predicted octanol–water partition coefficient (Wildman–Crippen LogP) is 5.09. The first-order valence-corrected chi connectivity index (χ1v) is 8.66. The lowest BCUT2D eigenvalue weighted by Crippen LogP contribution is -1.98. The number of H-pyrrole nitrogens is 1. The van der Waals surface area contributed by atoms with Gasteiger partial charge in [-0.3, -0.25) is 5.10 Å². The van der Waals surface area contributed by atoms with Crippen LogP contribution in [0.5, 0.6) is 0 Å². The van der Waals surface area contributed by atoms with E-state index < -0.39 is 0 Å². The topological polar surface area (TPSA) is 28.7 Å². The average Bonchev–Trinajstić information content (AvgIpc) is 3.04. The highest BCUT2D eigenvalue weighted by molar-refractivity contribution is 7.99. The Morgan fingerprint density at radius 3 is 2.95 bits per heavy atom. The molecule has 0 atom stereocenters. The molecule has 0 unspecified atom stereocenters. The number of benzene rings is 2. The van der Waals surface area contributed by atoms with E-state index in [0.29, 0.717) is 0 Å². The molecule has 3 heteroatoms. The highest BCUT2D eigenvalue weighted by atomic mass is 32.2. The van der Waals surface area contributed by atoms with Gasteiger partial charge in [-0.15, -0.1) is 11.8 Å². The van der Waals surface area contributed by atoms with Crippen LogP contribution in [0.25, 0.3) is 22.4 Å². The zero-order chi connectivity index (χ0) is 14.9. The fourth-order valence-electron chi connectivity index (χ4n) is 3.03. The van der Waals surface area contributed by atoms with Crippen LogP contribution in [0.3, 0.4) is 0 Å². The Kier molecular flexibility index (Phi) is 3.51. The third-order valence-corrected chi connectivity index (χ3v) is 5.36. The number of nitrogens with one attached hydrogen (secondary N) is 1. The van der Waals surface area contributed by atoms with Crippen molar-refractivity contribution < 1.29 is 0 Å². The van der Waals surface area contributed by atoms with Crippen molar-refractivity contribution in [3.05, 3.63) is 59.8 Å². The van der Waals surface area contributed by atoms with Crippen molar-refractivity contribution in [1.82, 2.24) is 10.2 Å². The van der Waals surface area contributed by atoms with Crippen LogP contribution in [0, 0.1) is 6.92 Å². The maximum absolute atomic E-state index is 4.28. The molecule has 0 amide bonds. The first-order valence-electron chi connectivity index (χ1n) is 7.68. The zero-order valence-electron chi connectivity index (χ0n) is 12.6. The average molecular weight is 306 g/mol. The van der Waals surface area contributed by atoms with Gasteiger partial charge in [-0.05, 0) is 48.8 Å². The van der Waals surface area contributed by atoms with Gasteiger partial charge in [0.15, 0.2) is 0 Å². The summed E-state index contributed by atoms with van der Waals surface area (Å²) >= 11 is 1.97. The fraction of sp³-hybridized carbons (Fsp3) is 0.211. The van der Waals surface area contributed by atoms with Crippen molar-refractivity contribution in [2.45, 2.75) is 24.7 Å². The molecule has 0 saturated heterocycles. The van der Waals surface area contributed by atoms with E-state index in [0.717, 1.165) is 5.69 Å². The van der Waals surface area contributed by atoms with Crippen molar-refractivity contribution >= 4 is 11.8 Å². The fourth-order valence-corrected chi connectivity index (χ4v) is 4.11. The standard InChI is InChI=1S/C19H18N2S/c1-13-4-2-5-16(10-13)19-17(12-20-21-19)15-8-7-14-6-3-9-22-18(14)11-15/h2,4-5,7-8,10-12H,3,6,9H2,1H3,(H,20,21). The number of rotatable bonds is 2. The summed E-state index contributed by atoms with van der Waals surface area (Å²) in [5, 5.41) is 7.46. The summed E-state index contributed by atoms with van der Waals surface area (Å²) in [5.41, 5.74) is 7.47. The maximum Gasteiger partial charge on any atom is 0.0728 e. The number of thioether (sulfide) groups is 1. The molecule has 2 heterocycles. The molecule has 0 saturated carbocycles. The van der Waals surface area contributed by atoms with E-state index in [1.54, 1.807) is 0 Å². The van der Waals surface area contributed by atoms with Crippen molar-refractivity contribution in [3.63, 3.8) is 0 Å². The van der Waals surface area contributed by atoms with E-state index in [9.17, 15) is 0 Å². The van der Waals surface area contributed by atoms with Crippen molar-refractivity contribution in [2.24, 2.45) is 0 Å². The molecule has 0 bridgehead atoms. The largest absolute Gasteiger partial charge is 0.277 e. The summed E-state index contributed by atoms with van der Waals surface area (Å²) in [6, 6.07) is 15.4. The van der Waals surface area contributed by atoms with Gasteiger partial charge in [-0.2, -0.15) is 5.10 Å². The van der Waals surface area contributed by atoms with Gasteiger partial charge in [0.2, 0.25) is 0 Å². The lowest BCUT2D eigenvalue weighted by molar-refractivity contribution is 0.890. The maximum atomic E-state index is 4.28. The second-order valence-corrected chi connectivity index (χ2v) is 6.94. The second kappa shape index (κ2) is 5.65. The van der Waals surface area contributed by atoms with Gasteiger partial charge in [0, 0.05) is 16.0 Å². The molecule has 1 N–H and O–H groups in total. The van der Waals surface area contributed by atoms with Crippen molar-refractivity contribution in [3.8, 4) is 22.4 Å². The molecule has 0 fully saturated rings. The van der Waals surface area contributed by atoms with Crippen LogP contribution < -0.4 is 0 Å². The number of aromatic nitrogens is 2. The van der Waals surface area contributed by atoms with Gasteiger partial charge in [0.1, 0.15) is 0 Å². The minimum absolute atomic E-state index is 1.10. The van der Waals surface area contributed by atoms with E-state index >= 15 is 0 Å². The van der Waals surface area contributed by atoms with Gasteiger partial charge in [0.05, 0.1) is 11.9 Å². The molecule has 3 aromatic rings. The summed E-state index contributed by atoms with van der Waals surface area (Å²) in [5.74, 6) is 1.23. The van der Waals surface area contributed by atoms with Crippen LogP contribution in [-0.4, -0.2) is 16.0 Å². The summed E-state index contributed by atoms with van der Waals surface area (Å²) in [6.07, 6.45) is 4.43. The molecule has 2 aromatic carbocycles. The summed E-state index contributed by atoms with van der Waals surface area (Å²) < 4.78 is 0. The lowest BCUT2D eigenvalue weighted by Gasteiger charge is -2.16. The number of fused-ring (bicyclic) bond motifs is 1. The highest BCUT2D eigenvalue weighted by Gasteiger charge is 2.14. The number of hydrogen-bond donors (Lipinski definition) is 1. The Balaban J connectivity index is 1.80. The van der Waals surface area contributed by atoms with Gasteiger partial charge in [-0.1, -0.05) is 35.9 Å². The van der Waals surface area contributed by atoms with E-state index in [1.165, 1.54) is 51.3 Å². The van der Waals surface area contributed by atoms with Crippen molar-refractivity contribution in [2.75, 3.05) is 5.75 Å². The third-order valence-electron chi connectivity index (χ3n) is 4.17. The number of aryl methyl sites for hydroxylation is 2. The molecule has 0 radical (unpaired) electrons. The van der Waals surface area contributed by atoms with E-state index in [2.05, 4.69) is 59.6 Å². The van der Waals surface area contributed by atoms with Crippen LogP contribution >= 0.6 is 11.8 Å². The Morgan fingerprint density at radius 1 is 1.09 bits per heavy atom. The quantitative estimate of drug-likeness (QED) is 0.714. The molecule has 2 nitrogen and oxygen atoms in total. The van der Waals surface area contributed by atoms with Gasteiger partial charge < -0.3 is 0 Å². The van der Waals surface area contributed by atoms with Gasteiger partial charge >= 0.3 is 0 Å². The lowest BCUT2D eigenvalue weighted by atomic mass is 9.99. The molecular formula is C19H18N2S. The molecule has 1 aromatic heterocycles. The SMILES string of the molecule is Cc1cccc(-c2[nH]ncc2-c2ccc3c(c2)SCCC3)c1. The summed E-state index contributed by atoms with van der Waals surface area (Å²) in [4.78, 5) is 1.43. The predicted molar refractivity (Wildman–Crippen MR) is 93.2 cm³/mol. The third kappa shape index (κ3) is 2.46. The molecule has 0 spiro atoms. The van der Waals surface area contributed by atoms with E-state index in [-0.39, 0.29) is 0 Å². The zero-order valence-corrected chi connectivity index (χ0v) is 13.4. The molecular weight excluding hydrogens is 288 g/mol. The summed E-state index contributed by atoms with van der Waals surface area (Å²) in [7, 11) is 0. The van der Waals surface area contributed by atoms with E-state index in [1.807, 2.05) is 18.0 Å². The minimum atomic E-state index is 1.10. The number of nitrogens with zero attached hydrogens (tertiary/aromatic N) is 1. The number of aromatic amines is 1. The minimum Gasteiger partial charge on any atom is -0.277 e. The summed E-state index contributed by atoms with van der Waals surface area (Å²) in [6.45, 7) is 2.12. The van der Waals surface area contributed by atoms with E-state index in [4.69, 9.17) is 0 Å². The normalized spacial score (nSPS) is 13.9. The molecule has 4 rings (SSSR count). The second-order valence-electron chi connectivity index (χ2n) is 5.80. The number of hydrogen-bond acceptors (Lipinski definition) is 2. The van der Waals surface area contributed by atoms with Crippen LogP contribution in [0.2, 0.25) is 0 Å². The first kappa shape index (κ1) is 13.6. The van der Waals surface area contributed by atoms with Crippen molar-refractivity contribution in [1.29, 1.82) is 0 Å². The molecule has 110 valence electrons. The Bertz CT molecular complexity index is 820. The Hall–Kier alpha value is -2.00. The molecule has 0 aliphatic carbocycles. The van der Waals surface area contributed by atoms with Crippen LogP contribution in [0.15, 0.2) is 53.6 Å². The Labute approximate surface area is 135 Å². The van der Waals surface area contributed by atoms with Crippen LogP contribution in [0.4, 0.5) is 0 Å². The molecule has 1 aliphatic heterocycles. The smallest absolute Gasteiger partial charge is 0.0728 e. The monoisotopic (exact) mass is 306 g/mol. The first-order chi connectivity index (χ1) is 10.8. The van der Waals surface area contributed by atoms with Gasteiger partial charge in [-0.25, -0.2) is 0 Å². The van der Waals surface area contributed by atoms with Gasteiger partial charge in [0.25, 0.3) is 0 Å². The molecule has 22 heavy (non-hydrogen) atoms. The van der Waals surface area contributed by atoms with Crippen LogP contribution in [0.1, 0.15) is 17.5 Å². The van der Waals surface area contributed by atoms with Crippen LogP contribution in [-0.2, 0) is 6.42 Å². The molecule has 1 aliphatic rings.